The van der Waals surface area contributed by atoms with Gasteiger partial charge in [0.25, 0.3) is 0 Å². The third-order valence-corrected chi connectivity index (χ3v) is 6.34. The van der Waals surface area contributed by atoms with E-state index in [1.54, 1.807) is 29.0 Å². The fourth-order valence-electron chi connectivity index (χ4n) is 4.54. The highest BCUT2D eigenvalue weighted by molar-refractivity contribution is 6.36. The summed E-state index contributed by atoms with van der Waals surface area (Å²) in [7, 11) is 6.19. The lowest BCUT2D eigenvalue weighted by molar-refractivity contribution is 0.0503. The molecular weight excluding hydrogens is 441 g/mol. The summed E-state index contributed by atoms with van der Waals surface area (Å²) in [6, 6.07) is 13.4. The zero-order valence-corrected chi connectivity index (χ0v) is 19.3. The average Bonchev–Trinajstić information content (AvgIpc) is 3.28. The zero-order valence-electron chi connectivity index (χ0n) is 19.3. The van der Waals surface area contributed by atoms with Gasteiger partial charge in [-0.3, -0.25) is 9.88 Å². The van der Waals surface area contributed by atoms with Crippen molar-refractivity contribution in [3.63, 3.8) is 0 Å². The lowest BCUT2D eigenvalue weighted by Crippen LogP contribution is -2.34. The highest BCUT2D eigenvalue weighted by Gasteiger charge is 2.24. The molecule has 1 fully saturated rings. The van der Waals surface area contributed by atoms with E-state index in [1.165, 1.54) is 0 Å². The van der Waals surface area contributed by atoms with Gasteiger partial charge in [0.2, 0.25) is 0 Å². The first-order valence-electron chi connectivity index (χ1n) is 11.6. The topological polar surface area (TPSA) is 111 Å². The number of nitrogens with two attached hydrogens (primary N) is 1. The molecule has 0 amide bonds. The van der Waals surface area contributed by atoms with Gasteiger partial charge in [0.1, 0.15) is 13.7 Å². The number of benzene rings is 1. The number of carbonyl (C=O) groups excluding carboxylic acids is 1. The van der Waals surface area contributed by atoms with E-state index in [9.17, 15) is 4.79 Å². The van der Waals surface area contributed by atoms with Gasteiger partial charge in [0.05, 0.1) is 11.3 Å². The summed E-state index contributed by atoms with van der Waals surface area (Å²) >= 11 is 0. The van der Waals surface area contributed by atoms with Crippen molar-refractivity contribution in [1.29, 1.82) is 0 Å². The molecule has 3 aromatic heterocycles. The fraction of sp³-hybridized carbons (Fsp3) is 0.280. The number of fused-ring (bicyclic) bond motifs is 1. The molecule has 2 radical (unpaired) electrons. The van der Waals surface area contributed by atoms with Crippen LogP contribution in [0.5, 0.6) is 0 Å². The van der Waals surface area contributed by atoms with Crippen molar-refractivity contribution in [3.8, 4) is 0 Å². The average molecular weight is 467 g/mol. The largest absolute Gasteiger partial charge is 0.370 e. The van der Waals surface area contributed by atoms with Crippen LogP contribution in [0.25, 0.3) is 5.65 Å². The summed E-state index contributed by atoms with van der Waals surface area (Å²) < 4.78 is 1.75. The second-order valence-corrected chi connectivity index (χ2v) is 8.79. The smallest absolute Gasteiger partial charge is 0.356 e. The molecule has 5 rings (SSSR count). The minimum absolute atomic E-state index is 0.272. The van der Waals surface area contributed by atoms with E-state index in [0.717, 1.165) is 55.1 Å². The molecule has 1 aliphatic heterocycles. The number of nitrogens with zero attached hydrogens (tertiary/aromatic N) is 5. The van der Waals surface area contributed by atoms with Crippen LogP contribution < -0.4 is 16.7 Å². The van der Waals surface area contributed by atoms with Gasteiger partial charge in [-0.25, -0.2) is 9.78 Å². The zero-order chi connectivity index (χ0) is 24.2. The lowest BCUT2D eigenvalue weighted by atomic mass is 9.93. The van der Waals surface area contributed by atoms with Crippen LogP contribution in [0, 0.1) is 0 Å². The summed E-state index contributed by atoms with van der Waals surface area (Å²) in [5.74, 6) is 5.56. The Labute approximate surface area is 204 Å². The highest BCUT2D eigenvalue weighted by Crippen LogP contribution is 2.28. The second kappa shape index (κ2) is 10.2. The van der Waals surface area contributed by atoms with Gasteiger partial charge in [-0.05, 0) is 54.2 Å². The Bertz CT molecular complexity index is 1310. The standard InChI is InChI=1S/C25H26BN7O2/c26-21-14-30-33-23(29-13-18-3-1-9-28-12-18)11-22(31-24(21)33)20-4-2-10-32(16-20)15-17-5-7-19(8-6-17)25(34)35-27/h1,3,5-9,11-12,14,20,29H,2,4,10,13,15-16,27H2. The normalized spacial score (nSPS) is 16.3. The number of rotatable bonds is 7. The maximum atomic E-state index is 11.6. The van der Waals surface area contributed by atoms with Crippen molar-refractivity contribution in [2.45, 2.75) is 31.8 Å². The van der Waals surface area contributed by atoms with Gasteiger partial charge in [-0.1, -0.05) is 18.2 Å². The van der Waals surface area contributed by atoms with E-state index >= 15 is 0 Å². The molecule has 1 unspecified atom stereocenters. The number of piperidine rings is 1. The van der Waals surface area contributed by atoms with E-state index in [-0.39, 0.29) is 5.92 Å². The summed E-state index contributed by atoms with van der Waals surface area (Å²) in [5.41, 5.74) is 4.87. The highest BCUT2D eigenvalue weighted by atomic mass is 16.7. The van der Waals surface area contributed by atoms with Crippen molar-refractivity contribution in [2.24, 2.45) is 5.90 Å². The number of carbonyl (C=O) groups is 1. The van der Waals surface area contributed by atoms with Gasteiger partial charge < -0.3 is 10.2 Å². The Hall–Kier alpha value is -3.76. The maximum absolute atomic E-state index is 11.6. The Morgan fingerprint density at radius 2 is 2.06 bits per heavy atom. The number of likely N-dealkylation sites (tertiary alicyclic amines) is 1. The van der Waals surface area contributed by atoms with Crippen LogP contribution in [0.15, 0.2) is 61.1 Å². The van der Waals surface area contributed by atoms with Crippen molar-refractivity contribution >= 4 is 30.7 Å². The van der Waals surface area contributed by atoms with Gasteiger partial charge in [-0.15, -0.1) is 0 Å². The van der Waals surface area contributed by atoms with Gasteiger partial charge in [-0.2, -0.15) is 15.5 Å². The van der Waals surface area contributed by atoms with Gasteiger partial charge >= 0.3 is 5.97 Å². The summed E-state index contributed by atoms with van der Waals surface area (Å²) in [6.45, 7) is 3.30. The number of hydrogen-bond donors (Lipinski definition) is 2. The second-order valence-electron chi connectivity index (χ2n) is 8.79. The van der Waals surface area contributed by atoms with Crippen LogP contribution in [0.1, 0.15) is 45.9 Å². The molecular formula is C25H26BN7O2. The molecule has 0 spiro atoms. The fourth-order valence-corrected chi connectivity index (χ4v) is 4.54. The molecule has 0 saturated carbocycles. The number of aromatic nitrogens is 4. The molecule has 3 N–H and O–H groups in total. The first kappa shape index (κ1) is 23.0. The molecule has 1 aliphatic rings. The molecule has 4 heterocycles. The Morgan fingerprint density at radius 1 is 1.20 bits per heavy atom. The lowest BCUT2D eigenvalue weighted by Gasteiger charge is -2.32. The van der Waals surface area contributed by atoms with Crippen molar-refractivity contribution < 1.29 is 9.63 Å². The van der Waals surface area contributed by atoms with Crippen LogP contribution in [0.2, 0.25) is 0 Å². The van der Waals surface area contributed by atoms with Crippen LogP contribution in [-0.4, -0.2) is 51.4 Å². The summed E-state index contributed by atoms with van der Waals surface area (Å²) in [4.78, 5) is 27.4. The number of anilines is 1. The van der Waals surface area contributed by atoms with Crippen molar-refractivity contribution in [3.05, 3.63) is 83.4 Å². The van der Waals surface area contributed by atoms with Crippen LogP contribution in [0.3, 0.4) is 0 Å². The van der Waals surface area contributed by atoms with E-state index in [1.807, 2.05) is 30.5 Å². The quantitative estimate of drug-likeness (QED) is 0.314. The Morgan fingerprint density at radius 3 is 2.83 bits per heavy atom. The summed E-state index contributed by atoms with van der Waals surface area (Å²) in [5, 5.41) is 7.88. The molecule has 176 valence electrons. The monoisotopic (exact) mass is 467 g/mol. The van der Waals surface area contributed by atoms with E-state index in [0.29, 0.717) is 23.2 Å². The van der Waals surface area contributed by atoms with Crippen LogP contribution in [0.4, 0.5) is 5.82 Å². The Kier molecular flexibility index (Phi) is 6.74. The minimum Gasteiger partial charge on any atom is -0.370 e. The first-order valence-corrected chi connectivity index (χ1v) is 11.6. The van der Waals surface area contributed by atoms with Crippen molar-refractivity contribution in [2.75, 3.05) is 18.4 Å². The molecule has 4 aromatic rings. The predicted octanol–water partition coefficient (Wildman–Crippen LogP) is 1.94. The van der Waals surface area contributed by atoms with Crippen molar-refractivity contribution in [1.82, 2.24) is 24.5 Å². The van der Waals surface area contributed by atoms with Gasteiger partial charge in [0, 0.05) is 50.2 Å². The number of nitrogens with one attached hydrogen (secondary N) is 1. The molecule has 35 heavy (non-hydrogen) atoms. The predicted molar refractivity (Wildman–Crippen MR) is 133 cm³/mol. The number of hydrogen-bond acceptors (Lipinski definition) is 8. The molecule has 10 heteroatoms. The molecule has 1 aromatic carbocycles. The van der Waals surface area contributed by atoms with Gasteiger partial charge in [0.15, 0.2) is 5.65 Å². The minimum atomic E-state index is -0.539. The molecule has 1 atom stereocenters. The van der Waals surface area contributed by atoms with Crippen LogP contribution in [-0.2, 0) is 17.9 Å². The molecule has 0 aliphatic carbocycles. The molecule has 1 saturated heterocycles. The molecule has 9 nitrogen and oxygen atoms in total. The van der Waals surface area contributed by atoms with Crippen LogP contribution >= 0.6 is 0 Å². The maximum Gasteiger partial charge on any atom is 0.356 e. The Balaban J connectivity index is 1.33. The SMILES string of the molecule is [B]c1cnn2c(NCc3cccnc3)cc(C3CCCN(Cc4ccc(C(=O)ON)cc4)C3)nc12. The third kappa shape index (κ3) is 5.18. The molecule has 0 bridgehead atoms. The van der Waals surface area contributed by atoms with E-state index < -0.39 is 5.97 Å². The number of pyridine rings is 1. The first-order chi connectivity index (χ1) is 17.1. The third-order valence-electron chi connectivity index (χ3n) is 6.34. The summed E-state index contributed by atoms with van der Waals surface area (Å²) in [6.07, 6.45) is 7.37. The van der Waals surface area contributed by atoms with E-state index in [4.69, 9.17) is 18.7 Å². The van der Waals surface area contributed by atoms with E-state index in [2.05, 4.69) is 31.2 Å².